The number of alkyl halides is 3. The number of anilines is 3. The fraction of sp³-hybridized carbons (Fsp3) is 0.457. The second-order valence-corrected chi connectivity index (χ2v) is 12.4. The van der Waals surface area contributed by atoms with Gasteiger partial charge in [-0.2, -0.15) is 0 Å². The van der Waals surface area contributed by atoms with Crippen molar-refractivity contribution in [3.63, 3.8) is 0 Å². The summed E-state index contributed by atoms with van der Waals surface area (Å²) in [6.45, 7) is 14.4. The molecule has 1 N–H and O–H groups in total. The Bertz CT molecular complexity index is 1380. The summed E-state index contributed by atoms with van der Waals surface area (Å²) >= 11 is 0. The van der Waals surface area contributed by atoms with Gasteiger partial charge in [0.25, 0.3) is 0 Å². The van der Waals surface area contributed by atoms with E-state index >= 15 is 0 Å². The van der Waals surface area contributed by atoms with E-state index in [4.69, 9.17) is 0 Å². The Morgan fingerprint density at radius 1 is 0.953 bits per heavy atom. The number of halogens is 3. The zero-order valence-corrected chi connectivity index (χ0v) is 26.0. The molecular weight excluding hydrogens is 551 g/mol. The number of carbonyl (C=O) groups excluding carboxylic acids is 1. The van der Waals surface area contributed by atoms with Gasteiger partial charge in [-0.05, 0) is 91.1 Å². The Balaban J connectivity index is 1.72. The molecule has 2 atom stereocenters. The monoisotopic (exact) mass is 595 g/mol. The number of ether oxygens (including phenoxy) is 1. The number of hydrogen-bond donors (Lipinski definition) is 1. The highest BCUT2D eigenvalue weighted by Crippen LogP contribution is 2.43. The molecule has 0 radical (unpaired) electrons. The fourth-order valence-electron chi connectivity index (χ4n) is 5.73. The molecule has 0 spiro atoms. The van der Waals surface area contributed by atoms with Gasteiger partial charge in [-0.15, -0.1) is 13.2 Å². The highest BCUT2D eigenvalue weighted by Gasteiger charge is 2.35. The average molecular weight is 596 g/mol. The number of nitrogens with one attached hydrogen (secondary N) is 1. The molecule has 1 aliphatic rings. The number of para-hydroxylation sites is 2. The third-order valence-electron chi connectivity index (χ3n) is 7.96. The summed E-state index contributed by atoms with van der Waals surface area (Å²) < 4.78 is 43.8. The number of amides is 1. The molecule has 4 rings (SSSR count). The van der Waals surface area contributed by atoms with Crippen LogP contribution in [0.5, 0.6) is 5.75 Å². The molecule has 0 unspecified atom stereocenters. The topological polar surface area (TPSA) is 44.8 Å². The maximum absolute atomic E-state index is 13.1. The largest absolute Gasteiger partial charge is 0.573 e. The van der Waals surface area contributed by atoms with Crippen LogP contribution < -0.4 is 19.9 Å². The molecule has 232 valence electrons. The van der Waals surface area contributed by atoms with Crippen molar-refractivity contribution in [2.75, 3.05) is 28.2 Å². The first kappa shape index (κ1) is 32.2. The molecule has 0 aliphatic carbocycles. The summed E-state index contributed by atoms with van der Waals surface area (Å²) in [7, 11) is 0. The minimum Gasteiger partial charge on any atom is -0.404 e. The van der Waals surface area contributed by atoms with Crippen LogP contribution in [0.3, 0.4) is 0 Å². The van der Waals surface area contributed by atoms with Gasteiger partial charge in [-0.3, -0.25) is 4.79 Å². The number of carbonyl (C=O) groups is 1. The van der Waals surface area contributed by atoms with E-state index in [1.54, 1.807) is 24.0 Å². The van der Waals surface area contributed by atoms with Crippen LogP contribution in [-0.2, 0) is 4.79 Å². The van der Waals surface area contributed by atoms with Crippen LogP contribution in [0.4, 0.5) is 30.2 Å². The highest BCUT2D eigenvalue weighted by molar-refractivity contribution is 5.94. The molecule has 43 heavy (non-hydrogen) atoms. The van der Waals surface area contributed by atoms with Crippen molar-refractivity contribution in [1.29, 1.82) is 0 Å². The smallest absolute Gasteiger partial charge is 0.404 e. The van der Waals surface area contributed by atoms with Gasteiger partial charge in [0.2, 0.25) is 5.91 Å². The van der Waals surface area contributed by atoms with E-state index in [0.29, 0.717) is 18.3 Å². The lowest BCUT2D eigenvalue weighted by Gasteiger charge is -2.40. The maximum atomic E-state index is 13.1. The van der Waals surface area contributed by atoms with Crippen molar-refractivity contribution >= 4 is 23.0 Å². The molecule has 1 heterocycles. The summed E-state index contributed by atoms with van der Waals surface area (Å²) in [5.74, 6) is 0.847. The quantitative estimate of drug-likeness (QED) is 0.240. The van der Waals surface area contributed by atoms with E-state index in [9.17, 15) is 18.0 Å². The van der Waals surface area contributed by atoms with Crippen LogP contribution in [-0.4, -0.2) is 31.4 Å². The maximum Gasteiger partial charge on any atom is 0.573 e. The van der Waals surface area contributed by atoms with Crippen molar-refractivity contribution in [2.24, 2.45) is 11.8 Å². The number of fused-ring (bicyclic) bond motifs is 1. The van der Waals surface area contributed by atoms with E-state index in [-0.39, 0.29) is 29.4 Å². The van der Waals surface area contributed by atoms with Gasteiger partial charge >= 0.3 is 6.36 Å². The predicted molar refractivity (Wildman–Crippen MR) is 170 cm³/mol. The third-order valence-corrected chi connectivity index (χ3v) is 7.96. The normalized spacial score (nSPS) is 16.8. The summed E-state index contributed by atoms with van der Waals surface area (Å²) in [4.78, 5) is 16.9. The minimum atomic E-state index is -4.81. The number of rotatable bonds is 11. The Morgan fingerprint density at radius 3 is 2.23 bits per heavy atom. The van der Waals surface area contributed by atoms with Gasteiger partial charge in [0.05, 0.1) is 11.7 Å². The van der Waals surface area contributed by atoms with Crippen molar-refractivity contribution in [2.45, 2.75) is 79.3 Å². The molecule has 0 saturated carbocycles. The minimum absolute atomic E-state index is 0.0753. The first-order valence-corrected chi connectivity index (χ1v) is 15.2. The molecule has 8 heteroatoms. The summed E-state index contributed by atoms with van der Waals surface area (Å²) in [5.41, 5.74) is 5.06. The Morgan fingerprint density at radius 2 is 1.60 bits per heavy atom. The van der Waals surface area contributed by atoms with Gasteiger partial charge in [0, 0.05) is 37.4 Å². The zero-order chi connectivity index (χ0) is 31.3. The van der Waals surface area contributed by atoms with E-state index in [1.807, 2.05) is 19.1 Å². The van der Waals surface area contributed by atoms with E-state index < -0.39 is 6.36 Å². The zero-order valence-electron chi connectivity index (χ0n) is 26.0. The predicted octanol–water partition coefficient (Wildman–Crippen LogP) is 9.45. The van der Waals surface area contributed by atoms with Gasteiger partial charge in [-0.25, -0.2) is 0 Å². The number of hydrogen-bond acceptors (Lipinski definition) is 4. The molecule has 1 aliphatic heterocycles. The lowest BCUT2D eigenvalue weighted by Crippen LogP contribution is -2.43. The average Bonchev–Trinajstić information content (AvgIpc) is 2.92. The van der Waals surface area contributed by atoms with E-state index in [0.717, 1.165) is 48.3 Å². The van der Waals surface area contributed by atoms with Gasteiger partial charge in [0.15, 0.2) is 5.75 Å². The summed E-state index contributed by atoms with van der Waals surface area (Å²) in [5, 5.41) is 3.31. The molecule has 0 bridgehead atoms. The molecule has 3 aromatic rings. The lowest BCUT2D eigenvalue weighted by atomic mass is 9.88. The molecule has 0 fully saturated rings. The van der Waals surface area contributed by atoms with Crippen molar-refractivity contribution in [1.82, 2.24) is 0 Å². The van der Waals surface area contributed by atoms with Gasteiger partial charge < -0.3 is 19.9 Å². The molecule has 3 aromatic carbocycles. The lowest BCUT2D eigenvalue weighted by molar-refractivity contribution is -0.274. The van der Waals surface area contributed by atoms with E-state index in [1.165, 1.54) is 17.8 Å². The SMILES string of the molecule is CC(=O)N1c2ccc(-c3cccc(N(CCC(C)C)CCC(C)C)c3)cc2[C@H](Nc2ccccc2OC(F)(F)F)C[C@@H]1C. The molecule has 1 amide bonds. The number of benzene rings is 3. The van der Waals surface area contributed by atoms with Crippen molar-refractivity contribution < 1.29 is 22.7 Å². The standard InChI is InChI=1S/C35H44F3N3O2/c1-23(2)16-18-40(19-17-24(3)4)29-11-9-10-27(21-29)28-14-15-33-30(22-28)32(20-25(5)41(33)26(6)42)39-31-12-7-8-13-34(31)43-35(36,37)38/h7-15,21-25,32,39H,16-20H2,1-6H3/t25-,32+/m0/s1. The molecule has 5 nitrogen and oxygen atoms in total. The van der Waals surface area contributed by atoms with Gasteiger partial charge in [-0.1, -0.05) is 58.0 Å². The first-order chi connectivity index (χ1) is 20.3. The van der Waals surface area contributed by atoms with Crippen LogP contribution in [0.15, 0.2) is 66.7 Å². The summed E-state index contributed by atoms with van der Waals surface area (Å²) in [6, 6.07) is 20.2. The molecule has 0 aromatic heterocycles. The van der Waals surface area contributed by atoms with Gasteiger partial charge in [0.1, 0.15) is 0 Å². The second kappa shape index (κ2) is 13.7. The highest BCUT2D eigenvalue weighted by atomic mass is 19.4. The fourth-order valence-corrected chi connectivity index (χ4v) is 5.73. The van der Waals surface area contributed by atoms with Crippen LogP contribution >= 0.6 is 0 Å². The van der Waals surface area contributed by atoms with Crippen molar-refractivity contribution in [3.05, 3.63) is 72.3 Å². The Labute approximate surface area is 254 Å². The Kier molecular flexibility index (Phi) is 10.3. The van der Waals surface area contributed by atoms with Crippen molar-refractivity contribution in [3.8, 4) is 16.9 Å². The Hall–Kier alpha value is -3.68. The molecular formula is C35H44F3N3O2. The second-order valence-electron chi connectivity index (χ2n) is 12.4. The first-order valence-electron chi connectivity index (χ1n) is 15.2. The van der Waals surface area contributed by atoms with Crippen LogP contribution in [0.25, 0.3) is 11.1 Å². The summed E-state index contributed by atoms with van der Waals surface area (Å²) in [6.07, 6.45) is -2.08. The number of nitrogens with zero attached hydrogens (tertiary/aromatic N) is 2. The molecule has 0 saturated heterocycles. The van der Waals surface area contributed by atoms with Crippen LogP contribution in [0.1, 0.15) is 72.4 Å². The van der Waals surface area contributed by atoms with E-state index in [2.05, 4.69) is 73.0 Å². The van der Waals surface area contributed by atoms with Crippen LogP contribution in [0, 0.1) is 11.8 Å². The third kappa shape index (κ3) is 8.46. The van der Waals surface area contributed by atoms with Crippen LogP contribution in [0.2, 0.25) is 0 Å².